The van der Waals surface area contributed by atoms with Crippen LogP contribution in [0, 0.1) is 0 Å². The lowest BCUT2D eigenvalue weighted by Gasteiger charge is -2.38. The molecule has 1 aromatic heterocycles. The quantitative estimate of drug-likeness (QED) is 0.847. The summed E-state index contributed by atoms with van der Waals surface area (Å²) in [6, 6.07) is 8.65. The van der Waals surface area contributed by atoms with Crippen LogP contribution in [0.1, 0.15) is 18.5 Å². The molecule has 0 radical (unpaired) electrons. The molecule has 0 N–H and O–H groups in total. The summed E-state index contributed by atoms with van der Waals surface area (Å²) >= 11 is 5.97. The van der Waals surface area contributed by atoms with E-state index in [4.69, 9.17) is 11.6 Å². The summed E-state index contributed by atoms with van der Waals surface area (Å²) in [5, 5.41) is 4.95. The van der Waals surface area contributed by atoms with Crippen LogP contribution in [0.25, 0.3) is 0 Å². The average Bonchev–Trinajstić information content (AvgIpc) is 3.07. The highest BCUT2D eigenvalue weighted by atomic mass is 35.5. The summed E-state index contributed by atoms with van der Waals surface area (Å²) in [5.74, 6) is 0. The highest BCUT2D eigenvalue weighted by Gasteiger charge is 2.21. The van der Waals surface area contributed by atoms with Crippen molar-refractivity contribution in [2.75, 3.05) is 32.7 Å². The fourth-order valence-corrected chi connectivity index (χ4v) is 3.04. The number of nitrogens with zero attached hydrogens (tertiary/aromatic N) is 5. The predicted octanol–water partition coefficient (Wildman–Crippen LogP) is 2.31. The van der Waals surface area contributed by atoms with Crippen LogP contribution < -0.4 is 0 Å². The molecular formula is C16H22ClN5. The van der Waals surface area contributed by atoms with Crippen molar-refractivity contribution < 1.29 is 0 Å². The van der Waals surface area contributed by atoms with Crippen LogP contribution in [0.4, 0.5) is 0 Å². The zero-order chi connectivity index (χ0) is 15.4. The van der Waals surface area contributed by atoms with Crippen molar-refractivity contribution in [1.82, 2.24) is 24.6 Å². The third-order valence-electron chi connectivity index (χ3n) is 4.42. The molecule has 1 saturated heterocycles. The van der Waals surface area contributed by atoms with Crippen LogP contribution in [0.2, 0.25) is 5.02 Å². The van der Waals surface area contributed by atoms with Crippen molar-refractivity contribution >= 4 is 11.6 Å². The highest BCUT2D eigenvalue weighted by molar-refractivity contribution is 6.30. The topological polar surface area (TPSA) is 37.2 Å². The molecule has 0 saturated carbocycles. The number of halogens is 1. The lowest BCUT2D eigenvalue weighted by molar-refractivity contribution is 0.0992. The van der Waals surface area contributed by atoms with Crippen LogP contribution in [-0.2, 0) is 6.54 Å². The lowest BCUT2D eigenvalue weighted by Crippen LogP contribution is -2.47. The van der Waals surface area contributed by atoms with Gasteiger partial charge in [0.25, 0.3) is 0 Å². The van der Waals surface area contributed by atoms with Gasteiger partial charge in [0.15, 0.2) is 0 Å². The number of piperazine rings is 1. The average molecular weight is 320 g/mol. The maximum Gasteiger partial charge on any atom is 0.137 e. The van der Waals surface area contributed by atoms with E-state index in [1.54, 1.807) is 12.7 Å². The molecule has 2 aromatic rings. The number of rotatable bonds is 5. The summed E-state index contributed by atoms with van der Waals surface area (Å²) in [4.78, 5) is 9.01. The van der Waals surface area contributed by atoms with E-state index >= 15 is 0 Å². The van der Waals surface area contributed by atoms with E-state index in [0.29, 0.717) is 6.04 Å². The maximum absolute atomic E-state index is 5.97. The second kappa shape index (κ2) is 7.22. The van der Waals surface area contributed by atoms with E-state index in [2.05, 4.69) is 38.9 Å². The normalized spacial score (nSPS) is 18.5. The molecular weight excluding hydrogens is 298 g/mol. The Labute approximate surface area is 136 Å². The minimum atomic E-state index is 0.440. The number of aromatic nitrogens is 3. The van der Waals surface area contributed by atoms with Crippen molar-refractivity contribution in [2.45, 2.75) is 19.5 Å². The van der Waals surface area contributed by atoms with Crippen molar-refractivity contribution in [3.63, 3.8) is 0 Å². The Hall–Kier alpha value is -1.43. The van der Waals surface area contributed by atoms with Gasteiger partial charge in [0, 0.05) is 43.8 Å². The maximum atomic E-state index is 5.97. The zero-order valence-corrected chi connectivity index (χ0v) is 13.7. The van der Waals surface area contributed by atoms with E-state index in [1.165, 1.54) is 5.56 Å². The molecule has 1 fully saturated rings. The van der Waals surface area contributed by atoms with E-state index in [1.807, 2.05) is 16.8 Å². The molecule has 0 amide bonds. The predicted molar refractivity (Wildman–Crippen MR) is 87.9 cm³/mol. The van der Waals surface area contributed by atoms with E-state index in [-0.39, 0.29) is 0 Å². The molecule has 1 aliphatic heterocycles. The van der Waals surface area contributed by atoms with Gasteiger partial charge in [0.1, 0.15) is 12.7 Å². The van der Waals surface area contributed by atoms with Crippen LogP contribution in [-0.4, -0.2) is 57.3 Å². The molecule has 6 heteroatoms. The standard InChI is InChI=1S/C16H22ClN5/c1-14(15-2-4-16(17)5-3-15)21-9-6-20(7-10-21)8-11-22-13-18-12-19-22/h2-5,12-14H,6-11H2,1H3/t14-/m1/s1. The van der Waals surface area contributed by atoms with Gasteiger partial charge in [-0.2, -0.15) is 5.10 Å². The summed E-state index contributed by atoms with van der Waals surface area (Å²) in [6.07, 6.45) is 3.37. The van der Waals surface area contributed by atoms with Gasteiger partial charge in [-0.25, -0.2) is 4.98 Å². The Morgan fingerprint density at radius 3 is 2.45 bits per heavy atom. The Balaban J connectivity index is 1.47. The van der Waals surface area contributed by atoms with Crippen molar-refractivity contribution in [1.29, 1.82) is 0 Å². The Kier molecular flexibility index (Phi) is 5.08. The second-order valence-corrected chi connectivity index (χ2v) is 6.20. The molecule has 1 aromatic carbocycles. The number of hydrogen-bond acceptors (Lipinski definition) is 4. The SMILES string of the molecule is C[C@H](c1ccc(Cl)cc1)N1CCN(CCn2cncn2)CC1. The molecule has 5 nitrogen and oxygen atoms in total. The van der Waals surface area contributed by atoms with Crippen molar-refractivity contribution in [3.8, 4) is 0 Å². The minimum Gasteiger partial charge on any atom is -0.299 e. The van der Waals surface area contributed by atoms with Crippen LogP contribution in [0.5, 0.6) is 0 Å². The molecule has 1 aliphatic rings. The Morgan fingerprint density at radius 1 is 1.09 bits per heavy atom. The van der Waals surface area contributed by atoms with Gasteiger partial charge < -0.3 is 0 Å². The molecule has 0 spiro atoms. The van der Waals surface area contributed by atoms with Crippen LogP contribution >= 0.6 is 11.6 Å². The van der Waals surface area contributed by atoms with E-state index < -0.39 is 0 Å². The van der Waals surface area contributed by atoms with Crippen molar-refractivity contribution in [3.05, 3.63) is 47.5 Å². The summed E-state index contributed by atoms with van der Waals surface area (Å²) in [5.41, 5.74) is 1.33. The van der Waals surface area contributed by atoms with E-state index in [9.17, 15) is 0 Å². The summed E-state index contributed by atoms with van der Waals surface area (Å²) in [6.45, 7) is 8.62. The smallest absolute Gasteiger partial charge is 0.137 e. The minimum absolute atomic E-state index is 0.440. The number of hydrogen-bond donors (Lipinski definition) is 0. The third-order valence-corrected chi connectivity index (χ3v) is 4.67. The molecule has 22 heavy (non-hydrogen) atoms. The van der Waals surface area contributed by atoms with E-state index in [0.717, 1.165) is 44.3 Å². The first-order chi connectivity index (χ1) is 10.7. The Bertz CT molecular complexity index is 561. The monoisotopic (exact) mass is 319 g/mol. The zero-order valence-electron chi connectivity index (χ0n) is 12.9. The molecule has 3 rings (SSSR count). The molecule has 118 valence electrons. The first-order valence-corrected chi connectivity index (χ1v) is 8.14. The van der Waals surface area contributed by atoms with Gasteiger partial charge in [-0.05, 0) is 24.6 Å². The van der Waals surface area contributed by atoms with Gasteiger partial charge in [0.05, 0.1) is 6.54 Å². The molecule has 0 aliphatic carbocycles. The van der Waals surface area contributed by atoms with Gasteiger partial charge in [-0.15, -0.1) is 0 Å². The number of benzene rings is 1. The summed E-state index contributed by atoms with van der Waals surface area (Å²) < 4.78 is 1.89. The second-order valence-electron chi connectivity index (χ2n) is 5.76. The summed E-state index contributed by atoms with van der Waals surface area (Å²) in [7, 11) is 0. The molecule has 0 unspecified atom stereocenters. The lowest BCUT2D eigenvalue weighted by atomic mass is 10.1. The highest BCUT2D eigenvalue weighted by Crippen LogP contribution is 2.23. The largest absolute Gasteiger partial charge is 0.299 e. The van der Waals surface area contributed by atoms with Crippen LogP contribution in [0.3, 0.4) is 0 Å². The molecule has 2 heterocycles. The van der Waals surface area contributed by atoms with Gasteiger partial charge in [-0.1, -0.05) is 23.7 Å². The van der Waals surface area contributed by atoms with Gasteiger partial charge >= 0.3 is 0 Å². The fourth-order valence-electron chi connectivity index (χ4n) is 2.92. The van der Waals surface area contributed by atoms with Crippen molar-refractivity contribution in [2.24, 2.45) is 0 Å². The third kappa shape index (κ3) is 3.85. The first-order valence-electron chi connectivity index (χ1n) is 7.76. The molecule has 1 atom stereocenters. The first kappa shape index (κ1) is 15.5. The Morgan fingerprint density at radius 2 is 1.82 bits per heavy atom. The van der Waals surface area contributed by atoms with Crippen LogP contribution in [0.15, 0.2) is 36.9 Å². The molecule has 0 bridgehead atoms. The fraction of sp³-hybridized carbons (Fsp3) is 0.500. The van der Waals surface area contributed by atoms with Gasteiger partial charge in [0.2, 0.25) is 0 Å². The van der Waals surface area contributed by atoms with Gasteiger partial charge in [-0.3, -0.25) is 14.5 Å².